The van der Waals surface area contributed by atoms with Gasteiger partial charge < -0.3 is 20.3 Å². The van der Waals surface area contributed by atoms with E-state index < -0.39 is 0 Å². The molecule has 2 heterocycles. The van der Waals surface area contributed by atoms with Gasteiger partial charge in [0.05, 0.1) is 12.0 Å². The highest BCUT2D eigenvalue weighted by atomic mass is 16.5. The van der Waals surface area contributed by atoms with Crippen molar-refractivity contribution >= 4 is 17.7 Å². The largest absolute Gasteiger partial charge is 0.368 e. The van der Waals surface area contributed by atoms with Crippen molar-refractivity contribution in [3.63, 3.8) is 0 Å². The Kier molecular flexibility index (Phi) is 6.45. The lowest BCUT2D eigenvalue weighted by Gasteiger charge is -2.25. The van der Waals surface area contributed by atoms with Crippen LogP contribution in [0.2, 0.25) is 0 Å². The molecule has 3 rings (SSSR count). The van der Waals surface area contributed by atoms with Crippen LogP contribution in [-0.2, 0) is 19.1 Å². The number of amides is 3. The van der Waals surface area contributed by atoms with Crippen LogP contribution in [0.5, 0.6) is 0 Å². The molecule has 2 aliphatic heterocycles. The molecule has 146 valence electrons. The molecule has 7 nitrogen and oxygen atoms in total. The van der Waals surface area contributed by atoms with Gasteiger partial charge in [-0.15, -0.1) is 0 Å². The third kappa shape index (κ3) is 4.86. The summed E-state index contributed by atoms with van der Waals surface area (Å²) in [5, 5.41) is 5.59. The summed E-state index contributed by atoms with van der Waals surface area (Å²) in [6, 6.07) is 9.76. The van der Waals surface area contributed by atoms with Crippen molar-refractivity contribution in [1.29, 1.82) is 0 Å². The van der Waals surface area contributed by atoms with Crippen LogP contribution in [-0.4, -0.2) is 55.0 Å². The fourth-order valence-electron chi connectivity index (χ4n) is 3.61. The first-order chi connectivity index (χ1) is 13.1. The Hall–Kier alpha value is -2.41. The topological polar surface area (TPSA) is 87.7 Å². The van der Waals surface area contributed by atoms with E-state index in [1.54, 1.807) is 4.90 Å². The van der Waals surface area contributed by atoms with Crippen LogP contribution in [0, 0.1) is 5.92 Å². The van der Waals surface area contributed by atoms with E-state index in [2.05, 4.69) is 10.6 Å². The third-order valence-corrected chi connectivity index (χ3v) is 5.22. The zero-order chi connectivity index (χ0) is 19.2. The quantitative estimate of drug-likeness (QED) is 0.698. The number of nitrogens with zero attached hydrogens (tertiary/aromatic N) is 1. The zero-order valence-corrected chi connectivity index (χ0v) is 15.6. The fraction of sp³-hybridized carbons (Fsp3) is 0.550. The van der Waals surface area contributed by atoms with Gasteiger partial charge in [0.2, 0.25) is 17.7 Å². The molecule has 2 saturated heterocycles. The highest BCUT2D eigenvalue weighted by Gasteiger charge is 2.36. The lowest BCUT2D eigenvalue weighted by atomic mass is 10.1. The van der Waals surface area contributed by atoms with Gasteiger partial charge in [-0.2, -0.15) is 0 Å². The van der Waals surface area contributed by atoms with Crippen molar-refractivity contribution < 1.29 is 19.1 Å². The van der Waals surface area contributed by atoms with Crippen molar-refractivity contribution in [1.82, 2.24) is 15.5 Å². The summed E-state index contributed by atoms with van der Waals surface area (Å²) in [7, 11) is 0. The van der Waals surface area contributed by atoms with Crippen LogP contribution in [0.3, 0.4) is 0 Å². The lowest BCUT2D eigenvalue weighted by Crippen LogP contribution is -2.41. The summed E-state index contributed by atoms with van der Waals surface area (Å²) < 4.78 is 5.31. The Bertz CT molecular complexity index is 673. The van der Waals surface area contributed by atoms with Crippen LogP contribution in [0.25, 0.3) is 0 Å². The van der Waals surface area contributed by atoms with E-state index >= 15 is 0 Å². The van der Waals surface area contributed by atoms with Gasteiger partial charge in [0.1, 0.15) is 6.10 Å². The predicted octanol–water partition coefficient (Wildman–Crippen LogP) is 1.01. The van der Waals surface area contributed by atoms with Gasteiger partial charge in [-0.05, 0) is 25.3 Å². The predicted molar refractivity (Wildman–Crippen MR) is 99.7 cm³/mol. The highest BCUT2D eigenvalue weighted by molar-refractivity contribution is 5.89. The van der Waals surface area contributed by atoms with Gasteiger partial charge in [-0.25, -0.2) is 0 Å². The first-order valence-corrected chi connectivity index (χ1v) is 9.57. The van der Waals surface area contributed by atoms with E-state index in [1.807, 2.05) is 37.3 Å². The maximum absolute atomic E-state index is 12.4. The average molecular weight is 373 g/mol. The molecule has 0 aromatic heterocycles. The molecule has 1 aromatic carbocycles. The summed E-state index contributed by atoms with van der Waals surface area (Å²) >= 11 is 0. The maximum Gasteiger partial charge on any atom is 0.249 e. The molecule has 0 spiro atoms. The fourth-order valence-corrected chi connectivity index (χ4v) is 3.61. The Balaban J connectivity index is 1.41. The van der Waals surface area contributed by atoms with Crippen molar-refractivity contribution in [3.8, 4) is 0 Å². The average Bonchev–Trinajstić information content (AvgIpc) is 3.35. The van der Waals surface area contributed by atoms with E-state index in [1.165, 1.54) is 0 Å². The second-order valence-electron chi connectivity index (χ2n) is 7.12. The number of nitrogens with one attached hydrogen (secondary N) is 2. The minimum Gasteiger partial charge on any atom is -0.368 e. The van der Waals surface area contributed by atoms with Gasteiger partial charge in [0.15, 0.2) is 0 Å². The summed E-state index contributed by atoms with van der Waals surface area (Å²) in [6.45, 7) is 3.73. The van der Waals surface area contributed by atoms with Gasteiger partial charge in [0, 0.05) is 32.7 Å². The van der Waals surface area contributed by atoms with Gasteiger partial charge in [-0.3, -0.25) is 14.4 Å². The molecule has 3 atom stereocenters. The lowest BCUT2D eigenvalue weighted by molar-refractivity contribution is -0.130. The molecular weight excluding hydrogens is 346 g/mol. The number of benzene rings is 1. The molecule has 0 saturated carbocycles. The first-order valence-electron chi connectivity index (χ1n) is 9.57. The number of hydrogen-bond acceptors (Lipinski definition) is 4. The van der Waals surface area contributed by atoms with E-state index in [4.69, 9.17) is 4.74 Å². The molecule has 2 aliphatic rings. The molecule has 3 unspecified atom stereocenters. The SMILES string of the molecule is CC(c1ccccc1)N1CC(C(=O)NCCNC(=O)C2CCCO2)CC1=O. The molecule has 3 amide bonds. The molecule has 27 heavy (non-hydrogen) atoms. The minimum atomic E-state index is -0.360. The Morgan fingerprint density at radius 3 is 2.56 bits per heavy atom. The van der Waals surface area contributed by atoms with Gasteiger partial charge in [-0.1, -0.05) is 30.3 Å². The minimum absolute atomic E-state index is 0.00168. The van der Waals surface area contributed by atoms with Crippen LogP contribution >= 0.6 is 0 Å². The van der Waals surface area contributed by atoms with Crippen LogP contribution in [0.15, 0.2) is 30.3 Å². The number of likely N-dealkylation sites (tertiary alicyclic amines) is 1. The standard InChI is InChI=1S/C20H27N3O4/c1-14(15-6-3-2-4-7-15)23-13-16(12-18(23)24)19(25)21-9-10-22-20(26)17-8-5-11-27-17/h2-4,6-7,14,16-17H,5,8-13H2,1H3,(H,21,25)(H,22,26). The summed E-state index contributed by atoms with van der Waals surface area (Å²) in [6.07, 6.45) is 1.52. The Morgan fingerprint density at radius 2 is 1.89 bits per heavy atom. The van der Waals surface area contributed by atoms with E-state index in [9.17, 15) is 14.4 Å². The molecular formula is C20H27N3O4. The summed E-state index contributed by atoms with van der Waals surface area (Å²) in [5.41, 5.74) is 1.06. The monoisotopic (exact) mass is 373 g/mol. The number of ether oxygens (including phenoxy) is 1. The Morgan fingerprint density at radius 1 is 1.19 bits per heavy atom. The Labute approximate surface area is 159 Å². The van der Waals surface area contributed by atoms with Crippen molar-refractivity contribution in [2.45, 2.75) is 38.3 Å². The number of carbonyl (C=O) groups is 3. The van der Waals surface area contributed by atoms with Crippen LogP contribution < -0.4 is 10.6 Å². The highest BCUT2D eigenvalue weighted by Crippen LogP contribution is 2.28. The molecule has 1 aromatic rings. The second kappa shape index (κ2) is 8.99. The molecule has 0 radical (unpaired) electrons. The summed E-state index contributed by atoms with van der Waals surface area (Å²) in [4.78, 5) is 38.3. The molecule has 0 aliphatic carbocycles. The second-order valence-corrected chi connectivity index (χ2v) is 7.12. The molecule has 0 bridgehead atoms. The van der Waals surface area contributed by atoms with E-state index in [0.29, 0.717) is 26.2 Å². The molecule has 7 heteroatoms. The van der Waals surface area contributed by atoms with Crippen molar-refractivity contribution in [2.75, 3.05) is 26.2 Å². The third-order valence-electron chi connectivity index (χ3n) is 5.22. The number of rotatable bonds is 7. The van der Waals surface area contributed by atoms with Gasteiger partial charge in [0.25, 0.3) is 0 Å². The number of hydrogen-bond donors (Lipinski definition) is 2. The summed E-state index contributed by atoms with van der Waals surface area (Å²) in [5.74, 6) is -0.617. The maximum atomic E-state index is 12.4. The van der Waals surface area contributed by atoms with Crippen molar-refractivity contribution in [3.05, 3.63) is 35.9 Å². The normalized spacial score (nSPS) is 23.3. The molecule has 2 fully saturated rings. The van der Waals surface area contributed by atoms with E-state index in [0.717, 1.165) is 18.4 Å². The molecule has 2 N–H and O–H groups in total. The smallest absolute Gasteiger partial charge is 0.249 e. The first kappa shape index (κ1) is 19.4. The van der Waals surface area contributed by atoms with E-state index in [-0.39, 0.29) is 42.2 Å². The van der Waals surface area contributed by atoms with Crippen molar-refractivity contribution in [2.24, 2.45) is 5.92 Å². The number of carbonyl (C=O) groups excluding carboxylic acids is 3. The van der Waals surface area contributed by atoms with Gasteiger partial charge >= 0.3 is 0 Å². The van der Waals surface area contributed by atoms with Crippen LogP contribution in [0.1, 0.15) is 37.8 Å². The zero-order valence-electron chi connectivity index (χ0n) is 15.6. The van der Waals surface area contributed by atoms with Crippen LogP contribution in [0.4, 0.5) is 0 Å².